The van der Waals surface area contributed by atoms with Gasteiger partial charge in [0.25, 0.3) is 0 Å². The van der Waals surface area contributed by atoms with Crippen LogP contribution in [0.3, 0.4) is 0 Å². The zero-order chi connectivity index (χ0) is 12.1. The first-order chi connectivity index (χ1) is 8.31. The summed E-state index contributed by atoms with van der Waals surface area (Å²) in [6, 6.07) is 4.56. The summed E-state index contributed by atoms with van der Waals surface area (Å²) in [5.41, 5.74) is 9.70. The van der Waals surface area contributed by atoms with E-state index in [1.807, 2.05) is 0 Å². The summed E-state index contributed by atoms with van der Waals surface area (Å²) in [6.45, 7) is 3.84. The van der Waals surface area contributed by atoms with E-state index in [2.05, 4.69) is 19.1 Å². The number of hydrogen-bond donors (Lipinski definition) is 1. The van der Waals surface area contributed by atoms with E-state index in [-0.39, 0.29) is 0 Å². The molecule has 1 aromatic carbocycles. The van der Waals surface area contributed by atoms with E-state index in [1.54, 1.807) is 0 Å². The fourth-order valence-corrected chi connectivity index (χ4v) is 2.54. The summed E-state index contributed by atoms with van der Waals surface area (Å²) in [4.78, 5) is 0. The molecule has 2 nitrogen and oxygen atoms in total. The third-order valence-corrected chi connectivity index (χ3v) is 3.37. The molecule has 0 fully saturated rings. The molecule has 2 heteroatoms. The van der Waals surface area contributed by atoms with E-state index in [9.17, 15) is 0 Å². The molecule has 0 bridgehead atoms. The number of rotatable bonds is 4. The summed E-state index contributed by atoms with van der Waals surface area (Å²) in [5, 5.41) is 0. The van der Waals surface area contributed by atoms with Gasteiger partial charge in [-0.3, -0.25) is 0 Å². The normalized spacial score (nSPS) is 14.9. The molecule has 1 heterocycles. The maximum absolute atomic E-state index is 5.93. The van der Waals surface area contributed by atoms with Gasteiger partial charge in [-0.1, -0.05) is 17.7 Å². The Hall–Kier alpha value is -1.02. The van der Waals surface area contributed by atoms with Gasteiger partial charge in [0, 0.05) is 0 Å². The van der Waals surface area contributed by atoms with Crippen LogP contribution in [0.5, 0.6) is 5.75 Å². The Labute approximate surface area is 104 Å². The zero-order valence-electron chi connectivity index (χ0n) is 10.8. The average Bonchev–Trinajstić information content (AvgIpc) is 2.54. The Morgan fingerprint density at radius 3 is 2.94 bits per heavy atom. The van der Waals surface area contributed by atoms with E-state index >= 15 is 0 Å². The van der Waals surface area contributed by atoms with Crippen molar-refractivity contribution in [2.75, 3.05) is 13.2 Å². The van der Waals surface area contributed by atoms with Gasteiger partial charge in [-0.05, 0) is 63.1 Å². The quantitative estimate of drug-likeness (QED) is 0.811. The predicted octanol–water partition coefficient (Wildman–Crippen LogP) is 2.99. The molecule has 0 unspecified atom stereocenters. The van der Waals surface area contributed by atoms with Crippen LogP contribution in [0.2, 0.25) is 0 Å². The molecule has 0 amide bonds. The molecule has 2 rings (SSSR count). The van der Waals surface area contributed by atoms with E-state index in [0.717, 1.165) is 32.4 Å². The Kier molecular flexibility index (Phi) is 4.43. The number of hydrogen-bond acceptors (Lipinski definition) is 2. The molecule has 0 aliphatic carbocycles. The van der Waals surface area contributed by atoms with Gasteiger partial charge in [0.05, 0.1) is 6.61 Å². The number of unbranched alkanes of at least 4 members (excludes halogenated alkanes) is 1. The summed E-state index contributed by atoms with van der Waals surface area (Å²) >= 11 is 0. The van der Waals surface area contributed by atoms with Gasteiger partial charge in [-0.15, -0.1) is 0 Å². The highest BCUT2D eigenvalue weighted by molar-refractivity contribution is 5.45. The Bertz CT molecular complexity index is 373. The van der Waals surface area contributed by atoms with Crippen molar-refractivity contribution in [2.24, 2.45) is 5.73 Å². The van der Waals surface area contributed by atoms with Crippen LogP contribution in [0, 0.1) is 6.92 Å². The lowest BCUT2D eigenvalue weighted by atomic mass is 9.98. The van der Waals surface area contributed by atoms with Crippen LogP contribution in [0.4, 0.5) is 0 Å². The molecule has 17 heavy (non-hydrogen) atoms. The number of fused-ring (bicyclic) bond motifs is 1. The molecule has 94 valence electrons. The van der Waals surface area contributed by atoms with Crippen LogP contribution in [-0.4, -0.2) is 13.2 Å². The molecule has 1 aliphatic heterocycles. The van der Waals surface area contributed by atoms with Crippen molar-refractivity contribution in [3.8, 4) is 5.75 Å². The molecule has 1 aromatic rings. The maximum atomic E-state index is 5.93. The van der Waals surface area contributed by atoms with Crippen molar-refractivity contribution in [1.29, 1.82) is 0 Å². The van der Waals surface area contributed by atoms with Crippen LogP contribution >= 0.6 is 0 Å². The van der Waals surface area contributed by atoms with Crippen LogP contribution < -0.4 is 10.5 Å². The largest absolute Gasteiger partial charge is 0.493 e. The molecular formula is C15H23NO. The molecule has 0 saturated carbocycles. The summed E-state index contributed by atoms with van der Waals surface area (Å²) in [7, 11) is 0. The van der Waals surface area contributed by atoms with Crippen LogP contribution in [0.1, 0.15) is 42.4 Å². The monoisotopic (exact) mass is 233 g/mol. The van der Waals surface area contributed by atoms with Crippen LogP contribution in [-0.2, 0) is 12.8 Å². The average molecular weight is 233 g/mol. The molecule has 1 aliphatic rings. The van der Waals surface area contributed by atoms with Crippen LogP contribution in [0.15, 0.2) is 12.1 Å². The minimum absolute atomic E-state index is 0.787. The molecule has 0 spiro atoms. The first-order valence-electron chi connectivity index (χ1n) is 6.76. The second-order valence-electron chi connectivity index (χ2n) is 4.96. The number of nitrogens with two attached hydrogens (primary N) is 1. The molecule has 0 radical (unpaired) electrons. The molecule has 2 N–H and O–H groups in total. The van der Waals surface area contributed by atoms with Crippen molar-refractivity contribution in [3.63, 3.8) is 0 Å². The van der Waals surface area contributed by atoms with Gasteiger partial charge in [0.2, 0.25) is 0 Å². The topological polar surface area (TPSA) is 35.2 Å². The highest BCUT2D eigenvalue weighted by atomic mass is 16.5. The number of aryl methyl sites for hydroxylation is 3. The highest BCUT2D eigenvalue weighted by Crippen LogP contribution is 2.30. The van der Waals surface area contributed by atoms with Crippen molar-refractivity contribution < 1.29 is 4.74 Å². The smallest absolute Gasteiger partial charge is 0.125 e. The Morgan fingerprint density at radius 2 is 2.12 bits per heavy atom. The SMILES string of the molecule is Cc1cc(CCCCN)c2c(c1)CCCCO2. The van der Waals surface area contributed by atoms with E-state index < -0.39 is 0 Å². The lowest BCUT2D eigenvalue weighted by Crippen LogP contribution is -2.03. The molecule has 0 atom stereocenters. The predicted molar refractivity (Wildman–Crippen MR) is 71.6 cm³/mol. The zero-order valence-corrected chi connectivity index (χ0v) is 10.8. The van der Waals surface area contributed by atoms with Gasteiger partial charge in [-0.25, -0.2) is 0 Å². The van der Waals surface area contributed by atoms with Crippen LogP contribution in [0.25, 0.3) is 0 Å². The van der Waals surface area contributed by atoms with Crippen molar-refractivity contribution >= 4 is 0 Å². The Balaban J connectivity index is 2.20. The Morgan fingerprint density at radius 1 is 1.24 bits per heavy atom. The third-order valence-electron chi connectivity index (χ3n) is 3.37. The fourth-order valence-electron chi connectivity index (χ4n) is 2.54. The van der Waals surface area contributed by atoms with E-state index in [4.69, 9.17) is 10.5 Å². The summed E-state index contributed by atoms with van der Waals surface area (Å²) < 4.78 is 5.93. The second kappa shape index (κ2) is 6.06. The molecule has 0 saturated heterocycles. The van der Waals surface area contributed by atoms with Crippen molar-refractivity contribution in [2.45, 2.75) is 45.4 Å². The van der Waals surface area contributed by atoms with Crippen molar-refractivity contribution in [1.82, 2.24) is 0 Å². The van der Waals surface area contributed by atoms with Gasteiger partial charge in [0.1, 0.15) is 5.75 Å². The lowest BCUT2D eigenvalue weighted by molar-refractivity contribution is 0.313. The summed E-state index contributed by atoms with van der Waals surface area (Å²) in [6.07, 6.45) is 6.95. The minimum Gasteiger partial charge on any atom is -0.493 e. The third kappa shape index (κ3) is 3.22. The number of benzene rings is 1. The van der Waals surface area contributed by atoms with Gasteiger partial charge in [-0.2, -0.15) is 0 Å². The second-order valence-corrected chi connectivity index (χ2v) is 4.96. The van der Waals surface area contributed by atoms with Gasteiger partial charge >= 0.3 is 0 Å². The molecule has 0 aromatic heterocycles. The summed E-state index contributed by atoms with van der Waals surface area (Å²) in [5.74, 6) is 1.17. The standard InChI is InChI=1S/C15H23NO/c1-12-10-13(6-2-4-8-16)15-14(11-12)7-3-5-9-17-15/h10-11H,2-9,16H2,1H3. The first kappa shape index (κ1) is 12.4. The maximum Gasteiger partial charge on any atom is 0.125 e. The lowest BCUT2D eigenvalue weighted by Gasteiger charge is -2.14. The molecular weight excluding hydrogens is 210 g/mol. The minimum atomic E-state index is 0.787. The highest BCUT2D eigenvalue weighted by Gasteiger charge is 2.13. The van der Waals surface area contributed by atoms with E-state index in [1.165, 1.54) is 41.7 Å². The first-order valence-corrected chi connectivity index (χ1v) is 6.76. The number of ether oxygens (including phenoxy) is 1. The van der Waals surface area contributed by atoms with E-state index in [0.29, 0.717) is 0 Å². The van der Waals surface area contributed by atoms with Crippen molar-refractivity contribution in [3.05, 3.63) is 28.8 Å². The van der Waals surface area contributed by atoms with Gasteiger partial charge < -0.3 is 10.5 Å². The fraction of sp³-hybridized carbons (Fsp3) is 0.600. The van der Waals surface area contributed by atoms with Gasteiger partial charge in [0.15, 0.2) is 0 Å².